The SMILES string of the molecule is Cc1cccc(Sc2cccc3c2C=C[B]3)c1. The molecule has 3 rings (SSSR count). The van der Waals surface area contributed by atoms with Crippen molar-refractivity contribution in [1.82, 2.24) is 0 Å². The monoisotopic (exact) mass is 235 g/mol. The van der Waals surface area contributed by atoms with Crippen molar-refractivity contribution >= 4 is 30.6 Å². The Morgan fingerprint density at radius 3 is 2.82 bits per heavy atom. The summed E-state index contributed by atoms with van der Waals surface area (Å²) in [6.07, 6.45) is 2.19. The molecule has 0 atom stereocenters. The highest BCUT2D eigenvalue weighted by Gasteiger charge is 2.10. The summed E-state index contributed by atoms with van der Waals surface area (Å²) in [5, 5.41) is 0. The molecular weight excluding hydrogens is 223 g/mol. The van der Waals surface area contributed by atoms with Gasteiger partial charge < -0.3 is 0 Å². The fourth-order valence-corrected chi connectivity index (χ4v) is 3.12. The lowest BCUT2D eigenvalue weighted by atomic mass is 9.73. The summed E-state index contributed by atoms with van der Waals surface area (Å²) in [4.78, 5) is 2.64. The third-order valence-corrected chi connectivity index (χ3v) is 3.92. The second-order valence-electron chi connectivity index (χ2n) is 4.20. The molecule has 1 heterocycles. The highest BCUT2D eigenvalue weighted by molar-refractivity contribution is 7.99. The topological polar surface area (TPSA) is 0 Å². The third kappa shape index (κ3) is 2.18. The highest BCUT2D eigenvalue weighted by atomic mass is 32.2. The van der Waals surface area contributed by atoms with E-state index in [0.29, 0.717) is 0 Å². The molecule has 81 valence electrons. The first-order valence-corrected chi connectivity index (χ1v) is 6.53. The fraction of sp³-hybridized carbons (Fsp3) is 0.0667. The van der Waals surface area contributed by atoms with Crippen molar-refractivity contribution < 1.29 is 0 Å². The van der Waals surface area contributed by atoms with E-state index >= 15 is 0 Å². The maximum atomic E-state index is 2.23. The van der Waals surface area contributed by atoms with E-state index in [-0.39, 0.29) is 0 Å². The van der Waals surface area contributed by atoms with Crippen LogP contribution >= 0.6 is 11.8 Å². The van der Waals surface area contributed by atoms with Gasteiger partial charge in [-0.3, -0.25) is 0 Å². The minimum atomic E-state index is 1.30. The van der Waals surface area contributed by atoms with Gasteiger partial charge in [-0.25, -0.2) is 0 Å². The van der Waals surface area contributed by atoms with E-state index in [0.717, 1.165) is 0 Å². The number of hydrogen-bond donors (Lipinski definition) is 0. The van der Waals surface area contributed by atoms with Gasteiger partial charge in [0.25, 0.3) is 0 Å². The molecule has 1 aliphatic heterocycles. The summed E-state index contributed by atoms with van der Waals surface area (Å²) < 4.78 is 0. The van der Waals surface area contributed by atoms with Gasteiger partial charge in [-0.05, 0) is 30.7 Å². The van der Waals surface area contributed by atoms with Crippen LogP contribution in [0.25, 0.3) is 6.08 Å². The minimum absolute atomic E-state index is 1.30. The van der Waals surface area contributed by atoms with Gasteiger partial charge in [0.1, 0.15) is 0 Å². The molecule has 0 N–H and O–H groups in total. The second kappa shape index (κ2) is 4.46. The Balaban J connectivity index is 1.96. The first-order chi connectivity index (χ1) is 8.33. The summed E-state index contributed by atoms with van der Waals surface area (Å²) in [6, 6.07) is 15.1. The van der Waals surface area contributed by atoms with E-state index in [1.165, 1.54) is 26.4 Å². The molecule has 2 aromatic carbocycles. The van der Waals surface area contributed by atoms with Crippen LogP contribution in [0, 0.1) is 6.92 Å². The Labute approximate surface area is 107 Å². The van der Waals surface area contributed by atoms with Crippen LogP contribution in [0.2, 0.25) is 0 Å². The van der Waals surface area contributed by atoms with Crippen molar-refractivity contribution in [2.45, 2.75) is 16.7 Å². The smallest absolute Gasteiger partial charge is 0.116 e. The van der Waals surface area contributed by atoms with E-state index in [4.69, 9.17) is 0 Å². The molecule has 0 nitrogen and oxygen atoms in total. The Bertz CT molecular complexity index is 587. The summed E-state index contributed by atoms with van der Waals surface area (Å²) in [6.45, 7) is 2.13. The van der Waals surface area contributed by atoms with Crippen molar-refractivity contribution in [3.8, 4) is 0 Å². The van der Waals surface area contributed by atoms with Crippen LogP contribution in [0.4, 0.5) is 0 Å². The van der Waals surface area contributed by atoms with Gasteiger partial charge in [0.15, 0.2) is 7.28 Å². The summed E-state index contributed by atoms with van der Waals surface area (Å²) in [5.41, 5.74) is 3.98. The van der Waals surface area contributed by atoms with Crippen LogP contribution in [0.5, 0.6) is 0 Å². The number of fused-ring (bicyclic) bond motifs is 1. The van der Waals surface area contributed by atoms with E-state index < -0.39 is 0 Å². The Hall–Kier alpha value is -1.41. The predicted octanol–water partition coefficient (Wildman–Crippen LogP) is 3.46. The average Bonchev–Trinajstić information content (AvgIpc) is 2.78. The maximum absolute atomic E-state index is 2.23. The summed E-state index contributed by atoms with van der Waals surface area (Å²) in [7, 11) is 2.16. The second-order valence-corrected chi connectivity index (χ2v) is 5.32. The van der Waals surface area contributed by atoms with Crippen LogP contribution in [0.3, 0.4) is 0 Å². The van der Waals surface area contributed by atoms with Gasteiger partial charge in [-0.2, -0.15) is 0 Å². The van der Waals surface area contributed by atoms with Gasteiger partial charge >= 0.3 is 0 Å². The lowest BCUT2D eigenvalue weighted by Gasteiger charge is -2.07. The van der Waals surface area contributed by atoms with Gasteiger partial charge in [-0.1, -0.05) is 53.1 Å². The zero-order chi connectivity index (χ0) is 11.7. The normalized spacial score (nSPS) is 12.3. The zero-order valence-corrected chi connectivity index (χ0v) is 10.5. The van der Waals surface area contributed by atoms with Crippen LogP contribution in [0.15, 0.2) is 58.2 Å². The van der Waals surface area contributed by atoms with Crippen molar-refractivity contribution in [3.63, 3.8) is 0 Å². The predicted molar refractivity (Wildman–Crippen MR) is 76.2 cm³/mol. The number of rotatable bonds is 2. The molecule has 0 aliphatic carbocycles. The first-order valence-electron chi connectivity index (χ1n) is 5.72. The third-order valence-electron chi connectivity index (χ3n) is 2.86. The van der Waals surface area contributed by atoms with E-state index in [1.54, 1.807) is 0 Å². The van der Waals surface area contributed by atoms with Crippen molar-refractivity contribution in [2.75, 3.05) is 0 Å². The van der Waals surface area contributed by atoms with E-state index in [2.05, 4.69) is 68.7 Å². The molecule has 0 saturated heterocycles. The molecule has 2 heteroatoms. The van der Waals surface area contributed by atoms with Crippen LogP contribution < -0.4 is 5.46 Å². The first kappa shape index (κ1) is 10.7. The largest absolute Gasteiger partial charge is 0.182 e. The van der Waals surface area contributed by atoms with Crippen LogP contribution in [-0.4, -0.2) is 7.28 Å². The number of aryl methyl sites for hydroxylation is 1. The van der Waals surface area contributed by atoms with Crippen molar-refractivity contribution in [1.29, 1.82) is 0 Å². The van der Waals surface area contributed by atoms with E-state index in [1.807, 2.05) is 11.8 Å². The quantitative estimate of drug-likeness (QED) is 0.718. The Morgan fingerprint density at radius 1 is 1.06 bits per heavy atom. The molecule has 0 aromatic heterocycles. The molecular formula is C15H12BS. The zero-order valence-electron chi connectivity index (χ0n) is 9.68. The van der Waals surface area contributed by atoms with Crippen molar-refractivity contribution in [2.24, 2.45) is 0 Å². The molecule has 0 saturated carbocycles. The van der Waals surface area contributed by atoms with Crippen molar-refractivity contribution in [3.05, 3.63) is 59.6 Å². The summed E-state index contributed by atoms with van der Waals surface area (Å²) >= 11 is 1.84. The standard InChI is InChI=1S/C15H12BS/c1-11-4-2-5-12(10-11)17-15-7-3-6-14-13(15)8-9-16-14/h2-10H,1H3. The van der Waals surface area contributed by atoms with E-state index in [9.17, 15) is 0 Å². The number of benzene rings is 2. The molecule has 0 amide bonds. The minimum Gasteiger partial charge on any atom is -0.116 e. The lowest BCUT2D eigenvalue weighted by Crippen LogP contribution is -2.10. The molecule has 2 aromatic rings. The molecule has 1 aliphatic rings. The van der Waals surface area contributed by atoms with Crippen LogP contribution in [0.1, 0.15) is 11.1 Å². The lowest BCUT2D eigenvalue weighted by molar-refractivity contribution is 1.34. The Kier molecular flexibility index (Phi) is 2.81. The fourth-order valence-electron chi connectivity index (χ4n) is 2.03. The molecule has 0 spiro atoms. The molecule has 17 heavy (non-hydrogen) atoms. The highest BCUT2D eigenvalue weighted by Crippen LogP contribution is 2.31. The number of hydrogen-bond acceptors (Lipinski definition) is 1. The molecule has 0 unspecified atom stereocenters. The van der Waals surface area contributed by atoms with Crippen LogP contribution in [-0.2, 0) is 0 Å². The summed E-state index contributed by atoms with van der Waals surface area (Å²) in [5.74, 6) is 2.12. The van der Waals surface area contributed by atoms with Gasteiger partial charge in [0.2, 0.25) is 0 Å². The molecule has 1 radical (unpaired) electrons. The van der Waals surface area contributed by atoms with Gasteiger partial charge in [0.05, 0.1) is 0 Å². The molecule has 0 fully saturated rings. The Morgan fingerprint density at radius 2 is 1.94 bits per heavy atom. The maximum Gasteiger partial charge on any atom is 0.182 e. The van der Waals surface area contributed by atoms with Gasteiger partial charge in [0, 0.05) is 9.79 Å². The van der Waals surface area contributed by atoms with Gasteiger partial charge in [-0.15, -0.1) is 5.98 Å². The average molecular weight is 235 g/mol. The molecule has 0 bridgehead atoms.